The van der Waals surface area contributed by atoms with Crippen LogP contribution in [0.15, 0.2) is 34.6 Å². The van der Waals surface area contributed by atoms with E-state index in [0.717, 1.165) is 42.4 Å². The first-order valence-electron chi connectivity index (χ1n) is 12.6. The molecule has 9 heteroatoms. The average molecular weight is 486 g/mol. The Morgan fingerprint density at radius 2 is 2.03 bits per heavy atom. The molecular weight excluding hydrogens is 458 g/mol. The van der Waals surface area contributed by atoms with Crippen LogP contribution in [0.4, 0.5) is 11.6 Å². The van der Waals surface area contributed by atoms with Gasteiger partial charge in [0.1, 0.15) is 5.39 Å². The molecule has 3 aliphatic carbocycles. The van der Waals surface area contributed by atoms with Crippen LogP contribution in [0.2, 0.25) is 0 Å². The third kappa shape index (κ3) is 3.07. The van der Waals surface area contributed by atoms with Crippen LogP contribution in [0.3, 0.4) is 0 Å². The molecule has 0 unspecified atom stereocenters. The van der Waals surface area contributed by atoms with Crippen LogP contribution < -0.4 is 16.2 Å². The predicted octanol–water partition coefficient (Wildman–Crippen LogP) is 4.30. The van der Waals surface area contributed by atoms with Crippen molar-refractivity contribution >= 4 is 34.0 Å². The van der Waals surface area contributed by atoms with Gasteiger partial charge < -0.3 is 10.6 Å². The molecule has 4 aliphatic rings. The molecule has 3 fully saturated rings. The summed E-state index contributed by atoms with van der Waals surface area (Å²) in [5, 5.41) is 10.5. The van der Waals surface area contributed by atoms with Gasteiger partial charge in [-0.2, -0.15) is 4.98 Å². The van der Waals surface area contributed by atoms with Gasteiger partial charge >= 0.3 is 0 Å². The van der Waals surface area contributed by atoms with Crippen molar-refractivity contribution in [1.82, 2.24) is 29.6 Å². The number of hydrogen-bond acceptors (Lipinski definition) is 7. The molecule has 3 saturated carbocycles. The smallest absolute Gasteiger partial charge is 0.278 e. The van der Waals surface area contributed by atoms with E-state index in [4.69, 9.17) is 9.97 Å². The van der Waals surface area contributed by atoms with Crippen molar-refractivity contribution in [2.24, 2.45) is 0 Å². The Bertz CT molecular complexity index is 1570. The van der Waals surface area contributed by atoms with E-state index in [-0.39, 0.29) is 17.0 Å². The second-order valence-corrected chi connectivity index (χ2v) is 11.9. The number of anilines is 2. The standard InChI is InChI=1S/C26H27N7OS/c1-25(6-7-25)20-13-35-24(30-20)33-21-18(22(34)32(33)17-3-4-17)12-28-23(31-21)29-16-2-5-19-15(10-16)11-27-14-26(19)8-9-26/h2,5,10,12-13,17,27H,3-4,6-9,11,14H2,1H3,(H,28,29,31). The molecule has 0 bridgehead atoms. The quantitative estimate of drug-likeness (QED) is 0.438. The SMILES string of the molecule is CC1(c2csc(-n3c4nc(Nc5ccc6c(c5)CNCC65CC5)ncc4c(=O)n3C3CC3)n2)CC1. The van der Waals surface area contributed by atoms with Gasteiger partial charge in [-0.15, -0.1) is 11.3 Å². The highest BCUT2D eigenvalue weighted by atomic mass is 32.1. The fourth-order valence-corrected chi connectivity index (χ4v) is 6.55. The summed E-state index contributed by atoms with van der Waals surface area (Å²) in [5.74, 6) is 0.495. The summed E-state index contributed by atoms with van der Waals surface area (Å²) >= 11 is 1.59. The van der Waals surface area contributed by atoms with Gasteiger partial charge in [-0.25, -0.2) is 19.3 Å². The summed E-state index contributed by atoms with van der Waals surface area (Å²) in [6.07, 6.45) is 8.57. The number of hydrogen-bond donors (Lipinski definition) is 2. The Hall–Kier alpha value is -3.04. The normalized spacial score (nSPS) is 21.3. The van der Waals surface area contributed by atoms with Crippen molar-refractivity contribution in [3.05, 3.63) is 57.0 Å². The summed E-state index contributed by atoms with van der Waals surface area (Å²) in [7, 11) is 0. The van der Waals surface area contributed by atoms with Crippen molar-refractivity contribution in [2.45, 2.75) is 68.9 Å². The molecular formula is C26H27N7OS. The highest BCUT2D eigenvalue weighted by Crippen LogP contribution is 2.51. The molecule has 0 atom stereocenters. The third-order valence-corrected chi connectivity index (χ3v) is 9.19. The molecule has 1 aliphatic heterocycles. The van der Waals surface area contributed by atoms with Gasteiger partial charge in [-0.05, 0) is 61.8 Å². The van der Waals surface area contributed by atoms with Crippen molar-refractivity contribution in [1.29, 1.82) is 0 Å². The van der Waals surface area contributed by atoms with Crippen LogP contribution in [0.25, 0.3) is 16.2 Å². The first-order valence-corrected chi connectivity index (χ1v) is 13.5. The number of nitrogens with one attached hydrogen (secondary N) is 2. The zero-order valence-electron chi connectivity index (χ0n) is 19.7. The molecule has 8 rings (SSSR count). The fourth-order valence-electron chi connectivity index (χ4n) is 5.57. The second kappa shape index (κ2) is 6.79. The molecule has 4 heterocycles. The minimum Gasteiger partial charge on any atom is -0.324 e. The summed E-state index contributed by atoms with van der Waals surface area (Å²) in [4.78, 5) is 27.7. The number of thiazole rings is 1. The molecule has 178 valence electrons. The number of aromatic nitrogens is 5. The maximum absolute atomic E-state index is 13.3. The topological polar surface area (TPSA) is 89.7 Å². The Labute approximate surface area is 206 Å². The van der Waals surface area contributed by atoms with E-state index in [1.165, 1.54) is 36.8 Å². The van der Waals surface area contributed by atoms with Gasteiger partial charge in [0.15, 0.2) is 5.65 Å². The number of nitrogens with zero attached hydrogens (tertiary/aromatic N) is 5. The predicted molar refractivity (Wildman–Crippen MR) is 136 cm³/mol. The van der Waals surface area contributed by atoms with Gasteiger partial charge in [0.05, 0.1) is 11.7 Å². The van der Waals surface area contributed by atoms with Gasteiger partial charge in [0.2, 0.25) is 11.1 Å². The third-order valence-electron chi connectivity index (χ3n) is 8.37. The van der Waals surface area contributed by atoms with Crippen molar-refractivity contribution in [2.75, 3.05) is 11.9 Å². The highest BCUT2D eigenvalue weighted by Gasteiger charge is 2.46. The molecule has 8 nitrogen and oxygen atoms in total. The van der Waals surface area contributed by atoms with Crippen LogP contribution in [0.5, 0.6) is 0 Å². The summed E-state index contributed by atoms with van der Waals surface area (Å²) < 4.78 is 3.79. The van der Waals surface area contributed by atoms with Crippen molar-refractivity contribution in [3.8, 4) is 5.13 Å². The maximum atomic E-state index is 13.3. The maximum Gasteiger partial charge on any atom is 0.278 e. The lowest BCUT2D eigenvalue weighted by molar-refractivity contribution is 0.531. The van der Waals surface area contributed by atoms with Crippen LogP contribution in [-0.2, 0) is 17.4 Å². The monoisotopic (exact) mass is 485 g/mol. The lowest BCUT2D eigenvalue weighted by atomic mass is 9.88. The first kappa shape index (κ1) is 20.2. The number of benzene rings is 1. The fraction of sp³-hybridized carbons (Fsp3) is 0.462. The largest absolute Gasteiger partial charge is 0.324 e. The molecule has 3 aromatic heterocycles. The molecule has 2 N–H and O–H groups in total. The molecule has 1 aromatic carbocycles. The Balaban J connectivity index is 1.21. The highest BCUT2D eigenvalue weighted by molar-refractivity contribution is 7.12. The van der Waals surface area contributed by atoms with E-state index < -0.39 is 0 Å². The van der Waals surface area contributed by atoms with E-state index in [1.807, 2.05) is 9.36 Å². The van der Waals surface area contributed by atoms with Crippen LogP contribution in [0.1, 0.15) is 68.3 Å². The van der Waals surface area contributed by atoms with E-state index >= 15 is 0 Å². The molecule has 0 amide bonds. The van der Waals surface area contributed by atoms with E-state index in [0.29, 0.717) is 22.4 Å². The number of fused-ring (bicyclic) bond motifs is 3. The first-order chi connectivity index (χ1) is 17.0. The van der Waals surface area contributed by atoms with Crippen LogP contribution in [0, 0.1) is 0 Å². The summed E-state index contributed by atoms with van der Waals surface area (Å²) in [6.45, 7) is 4.23. The van der Waals surface area contributed by atoms with Crippen LogP contribution in [-0.4, -0.2) is 30.9 Å². The molecule has 0 radical (unpaired) electrons. The summed E-state index contributed by atoms with van der Waals surface area (Å²) in [5.41, 5.74) is 6.06. The Morgan fingerprint density at radius 3 is 2.80 bits per heavy atom. The zero-order valence-corrected chi connectivity index (χ0v) is 20.5. The minimum absolute atomic E-state index is 0.0296. The second-order valence-electron chi connectivity index (χ2n) is 11.1. The Morgan fingerprint density at radius 1 is 1.17 bits per heavy atom. The van der Waals surface area contributed by atoms with Gasteiger partial charge in [0, 0.05) is 41.2 Å². The van der Waals surface area contributed by atoms with E-state index in [9.17, 15) is 4.79 Å². The molecule has 35 heavy (non-hydrogen) atoms. The van der Waals surface area contributed by atoms with Crippen LogP contribution >= 0.6 is 11.3 Å². The van der Waals surface area contributed by atoms with Gasteiger partial charge in [0.25, 0.3) is 5.56 Å². The summed E-state index contributed by atoms with van der Waals surface area (Å²) in [6, 6.07) is 6.81. The lowest BCUT2D eigenvalue weighted by Crippen LogP contribution is -2.33. The van der Waals surface area contributed by atoms with E-state index in [2.05, 4.69) is 46.1 Å². The van der Waals surface area contributed by atoms with Gasteiger partial charge in [-0.3, -0.25) is 4.79 Å². The molecule has 1 spiro atoms. The van der Waals surface area contributed by atoms with Crippen molar-refractivity contribution in [3.63, 3.8) is 0 Å². The lowest BCUT2D eigenvalue weighted by Gasteiger charge is -2.26. The van der Waals surface area contributed by atoms with Gasteiger partial charge in [-0.1, -0.05) is 13.0 Å². The van der Waals surface area contributed by atoms with E-state index in [1.54, 1.807) is 17.5 Å². The number of rotatable bonds is 5. The average Bonchev–Trinajstić information content (AvgIpc) is 3.82. The Kier molecular flexibility index (Phi) is 3.92. The molecule has 0 saturated heterocycles. The zero-order chi connectivity index (χ0) is 23.4. The van der Waals surface area contributed by atoms with Crippen molar-refractivity contribution < 1.29 is 0 Å². The molecule has 4 aromatic rings. The minimum atomic E-state index is -0.0296.